The number of amides is 1. The lowest BCUT2D eigenvalue weighted by molar-refractivity contribution is 0.0939. The Labute approximate surface area is 150 Å². The molecular formula is C18H18ClN3O3. The molecule has 1 aliphatic heterocycles. The Kier molecular flexibility index (Phi) is 4.92. The third-order valence-electron chi connectivity index (χ3n) is 4.00. The maximum Gasteiger partial charge on any atom is 0.255 e. The molecule has 1 unspecified atom stereocenters. The van der Waals surface area contributed by atoms with Gasteiger partial charge in [-0.25, -0.2) is 0 Å². The van der Waals surface area contributed by atoms with Gasteiger partial charge in [0.15, 0.2) is 0 Å². The van der Waals surface area contributed by atoms with Crippen molar-refractivity contribution < 1.29 is 15.0 Å². The highest BCUT2D eigenvalue weighted by atomic mass is 35.5. The summed E-state index contributed by atoms with van der Waals surface area (Å²) >= 11 is 6.26. The Morgan fingerprint density at radius 2 is 2.04 bits per heavy atom. The molecule has 0 spiro atoms. The quantitative estimate of drug-likeness (QED) is 0.780. The predicted octanol–water partition coefficient (Wildman–Crippen LogP) is 3.16. The summed E-state index contributed by atoms with van der Waals surface area (Å²) in [6.07, 6.45) is 2.52. The van der Waals surface area contributed by atoms with Crippen molar-refractivity contribution in [3.8, 4) is 0 Å². The number of anilines is 1. The van der Waals surface area contributed by atoms with Gasteiger partial charge in [0.2, 0.25) is 5.88 Å². The van der Waals surface area contributed by atoms with Crippen LogP contribution in [-0.4, -0.2) is 27.6 Å². The fraction of sp³-hybridized carbons (Fsp3) is 0.222. The van der Waals surface area contributed by atoms with Gasteiger partial charge < -0.3 is 20.4 Å². The van der Waals surface area contributed by atoms with Crippen molar-refractivity contribution in [2.45, 2.75) is 19.4 Å². The van der Waals surface area contributed by atoms with Crippen LogP contribution in [0.3, 0.4) is 0 Å². The van der Waals surface area contributed by atoms with Crippen molar-refractivity contribution in [3.05, 3.63) is 70.5 Å². The molecule has 3 rings (SSSR count). The van der Waals surface area contributed by atoms with Crippen LogP contribution >= 0.6 is 11.6 Å². The number of halogens is 1. The van der Waals surface area contributed by atoms with E-state index in [1.165, 1.54) is 12.4 Å². The number of pyridine rings is 1. The number of benzene rings is 1. The molecule has 2 heterocycles. The summed E-state index contributed by atoms with van der Waals surface area (Å²) in [6, 6.07) is 8.29. The zero-order chi connectivity index (χ0) is 18.0. The van der Waals surface area contributed by atoms with E-state index in [0.717, 1.165) is 6.42 Å². The first kappa shape index (κ1) is 17.3. The van der Waals surface area contributed by atoms with Crippen molar-refractivity contribution in [2.75, 3.05) is 11.4 Å². The van der Waals surface area contributed by atoms with Crippen LogP contribution in [0, 0.1) is 0 Å². The molecule has 0 fully saturated rings. The molecule has 25 heavy (non-hydrogen) atoms. The Bertz CT molecular complexity index is 824. The molecule has 0 saturated heterocycles. The van der Waals surface area contributed by atoms with Crippen molar-refractivity contribution in [2.24, 2.45) is 0 Å². The number of hydrogen-bond acceptors (Lipinski definition) is 5. The number of fused-ring (bicyclic) bond motifs is 1. The van der Waals surface area contributed by atoms with Crippen LogP contribution in [0.4, 0.5) is 5.69 Å². The number of aliphatic hydroxyl groups is 2. The van der Waals surface area contributed by atoms with Gasteiger partial charge in [-0.15, -0.1) is 0 Å². The number of carbonyl (C=O) groups is 1. The van der Waals surface area contributed by atoms with E-state index in [2.05, 4.69) is 10.3 Å². The summed E-state index contributed by atoms with van der Waals surface area (Å²) in [5.41, 5.74) is 1.46. The van der Waals surface area contributed by atoms with E-state index in [9.17, 15) is 15.0 Å². The van der Waals surface area contributed by atoms with Crippen LogP contribution in [0.25, 0.3) is 0 Å². The summed E-state index contributed by atoms with van der Waals surface area (Å²) in [5.74, 6) is -0.638. The number of carbonyl (C=O) groups excluding carboxylic acids is 1. The first-order valence-electron chi connectivity index (χ1n) is 7.93. The highest BCUT2D eigenvalue weighted by Crippen LogP contribution is 2.41. The first-order chi connectivity index (χ1) is 12.0. The third-order valence-corrected chi connectivity index (χ3v) is 4.33. The maximum atomic E-state index is 12.4. The fourth-order valence-electron chi connectivity index (χ4n) is 2.83. The smallest absolute Gasteiger partial charge is 0.255 e. The number of hydrogen-bond donors (Lipinski definition) is 3. The molecule has 0 radical (unpaired) electrons. The zero-order valence-corrected chi connectivity index (χ0v) is 14.4. The SMILES string of the molecule is CCCN1C(O)=C(NC(=O)c2ccncc2)C(O)c2c(Cl)cccc21. The molecule has 6 nitrogen and oxygen atoms in total. The van der Waals surface area contributed by atoms with Crippen LogP contribution in [0.5, 0.6) is 0 Å². The van der Waals surface area contributed by atoms with Gasteiger partial charge >= 0.3 is 0 Å². The van der Waals surface area contributed by atoms with Gasteiger partial charge in [-0.05, 0) is 30.7 Å². The van der Waals surface area contributed by atoms with Crippen LogP contribution in [0.1, 0.15) is 35.4 Å². The minimum Gasteiger partial charge on any atom is -0.493 e. The van der Waals surface area contributed by atoms with Gasteiger partial charge in [0.1, 0.15) is 11.8 Å². The highest BCUT2D eigenvalue weighted by Gasteiger charge is 2.34. The van der Waals surface area contributed by atoms with E-state index < -0.39 is 12.0 Å². The van der Waals surface area contributed by atoms with E-state index in [1.807, 2.05) is 6.92 Å². The Morgan fingerprint density at radius 1 is 1.32 bits per heavy atom. The molecule has 130 valence electrons. The third kappa shape index (κ3) is 3.18. The molecule has 3 N–H and O–H groups in total. The first-order valence-corrected chi connectivity index (χ1v) is 8.31. The number of nitrogens with one attached hydrogen (secondary N) is 1. The van der Waals surface area contributed by atoms with Crippen molar-refractivity contribution in [3.63, 3.8) is 0 Å². The van der Waals surface area contributed by atoms with Crippen molar-refractivity contribution in [1.82, 2.24) is 10.3 Å². The highest BCUT2D eigenvalue weighted by molar-refractivity contribution is 6.32. The average molecular weight is 360 g/mol. The second-order valence-electron chi connectivity index (χ2n) is 5.65. The molecule has 1 aromatic heterocycles. The second kappa shape index (κ2) is 7.13. The molecule has 0 aliphatic carbocycles. The standard InChI is InChI=1S/C18H18ClN3O3/c1-2-10-22-13-5-3-4-12(19)14(13)16(23)15(18(22)25)21-17(24)11-6-8-20-9-7-11/h3-9,16,23,25H,2,10H2,1H3,(H,21,24). The summed E-state index contributed by atoms with van der Waals surface area (Å²) in [6.45, 7) is 2.48. The summed E-state index contributed by atoms with van der Waals surface area (Å²) in [4.78, 5) is 17.9. The summed E-state index contributed by atoms with van der Waals surface area (Å²) in [5, 5.41) is 24.3. The monoisotopic (exact) mass is 359 g/mol. The molecular weight excluding hydrogens is 342 g/mol. The largest absolute Gasteiger partial charge is 0.493 e. The van der Waals surface area contributed by atoms with E-state index in [4.69, 9.17) is 11.6 Å². The minimum atomic E-state index is -1.23. The lowest BCUT2D eigenvalue weighted by Crippen LogP contribution is -2.37. The molecule has 0 saturated carbocycles. The lowest BCUT2D eigenvalue weighted by atomic mass is 9.99. The zero-order valence-electron chi connectivity index (χ0n) is 13.6. The summed E-state index contributed by atoms with van der Waals surface area (Å²) < 4.78 is 0. The molecule has 0 bridgehead atoms. The molecule has 7 heteroatoms. The van der Waals surface area contributed by atoms with E-state index >= 15 is 0 Å². The topological polar surface area (TPSA) is 85.7 Å². The van der Waals surface area contributed by atoms with E-state index in [0.29, 0.717) is 28.4 Å². The average Bonchev–Trinajstić information content (AvgIpc) is 2.62. The van der Waals surface area contributed by atoms with Gasteiger partial charge in [-0.2, -0.15) is 0 Å². The molecule has 2 aromatic rings. The Hall–Kier alpha value is -2.57. The van der Waals surface area contributed by atoms with Crippen molar-refractivity contribution >= 4 is 23.2 Å². The van der Waals surface area contributed by atoms with Gasteiger partial charge in [-0.1, -0.05) is 24.6 Å². The number of rotatable bonds is 4. The van der Waals surface area contributed by atoms with Crippen LogP contribution in [0.15, 0.2) is 54.3 Å². The van der Waals surface area contributed by atoms with Crippen molar-refractivity contribution in [1.29, 1.82) is 0 Å². The fourth-order valence-corrected chi connectivity index (χ4v) is 3.10. The van der Waals surface area contributed by atoms with Crippen LogP contribution in [0.2, 0.25) is 5.02 Å². The molecule has 1 amide bonds. The van der Waals surface area contributed by atoms with Crippen LogP contribution < -0.4 is 10.2 Å². The Balaban J connectivity index is 2.01. The number of aliphatic hydroxyl groups excluding tert-OH is 2. The van der Waals surface area contributed by atoms with E-state index in [-0.39, 0.29) is 11.6 Å². The van der Waals surface area contributed by atoms with Gasteiger partial charge in [0, 0.05) is 35.1 Å². The molecule has 1 aliphatic rings. The number of nitrogens with zero attached hydrogens (tertiary/aromatic N) is 2. The van der Waals surface area contributed by atoms with E-state index in [1.54, 1.807) is 35.2 Å². The molecule has 1 atom stereocenters. The molecule has 1 aromatic carbocycles. The minimum absolute atomic E-state index is 0.0101. The van der Waals surface area contributed by atoms with Gasteiger partial charge in [0.05, 0.1) is 5.69 Å². The predicted molar refractivity (Wildman–Crippen MR) is 95.4 cm³/mol. The van der Waals surface area contributed by atoms with Gasteiger partial charge in [0.25, 0.3) is 5.91 Å². The van der Waals surface area contributed by atoms with Gasteiger partial charge in [-0.3, -0.25) is 9.78 Å². The lowest BCUT2D eigenvalue weighted by Gasteiger charge is -2.35. The number of aromatic nitrogens is 1. The van der Waals surface area contributed by atoms with Crippen LogP contribution in [-0.2, 0) is 0 Å². The summed E-state index contributed by atoms with van der Waals surface area (Å²) in [7, 11) is 0. The normalized spacial score (nSPS) is 16.6. The second-order valence-corrected chi connectivity index (χ2v) is 6.06. The maximum absolute atomic E-state index is 12.4. The Morgan fingerprint density at radius 3 is 2.72 bits per heavy atom.